The van der Waals surface area contributed by atoms with Crippen LogP contribution < -0.4 is 5.73 Å². The van der Waals surface area contributed by atoms with Crippen LogP contribution >= 0.6 is 12.4 Å². The van der Waals surface area contributed by atoms with Crippen LogP contribution in [-0.4, -0.2) is 11.9 Å². The molecule has 2 N–H and O–H groups in total. The van der Waals surface area contributed by atoms with Crippen LogP contribution in [0.4, 0.5) is 0 Å². The van der Waals surface area contributed by atoms with Crippen molar-refractivity contribution in [1.82, 2.24) is 0 Å². The highest BCUT2D eigenvalue weighted by molar-refractivity contribution is 5.85. The van der Waals surface area contributed by atoms with Crippen LogP contribution in [0, 0.1) is 5.92 Å². The number of aliphatic imine (C=N–C) groups is 1. The second kappa shape index (κ2) is 6.25. The highest BCUT2D eigenvalue weighted by Gasteiger charge is 2.22. The molecule has 0 spiro atoms. The number of amidine groups is 1. The lowest BCUT2D eigenvalue weighted by Gasteiger charge is -2.11. The quantitative estimate of drug-likeness (QED) is 0.703. The van der Waals surface area contributed by atoms with Gasteiger partial charge in [0.15, 0.2) is 0 Å². The van der Waals surface area contributed by atoms with Crippen molar-refractivity contribution in [2.75, 3.05) is 0 Å². The molecule has 78 valence electrons. The molecule has 0 aromatic rings. The highest BCUT2D eigenvalue weighted by atomic mass is 35.5. The fourth-order valence-corrected chi connectivity index (χ4v) is 1.81. The molecule has 1 aliphatic rings. The first-order valence-electron chi connectivity index (χ1n) is 5.06. The number of nitrogens with zero attached hydrogens (tertiary/aromatic N) is 1. The van der Waals surface area contributed by atoms with Gasteiger partial charge >= 0.3 is 0 Å². The van der Waals surface area contributed by atoms with Crippen molar-refractivity contribution in [3.8, 4) is 0 Å². The minimum atomic E-state index is 0. The normalized spacial score (nSPS) is 26.8. The first kappa shape index (κ1) is 12.8. The van der Waals surface area contributed by atoms with Gasteiger partial charge in [-0.05, 0) is 12.3 Å². The van der Waals surface area contributed by atoms with E-state index in [4.69, 9.17) is 5.73 Å². The number of hydrogen-bond acceptors (Lipinski definition) is 2. The zero-order valence-electron chi connectivity index (χ0n) is 8.62. The van der Waals surface area contributed by atoms with Gasteiger partial charge in [0.2, 0.25) is 0 Å². The molecule has 2 unspecified atom stereocenters. The average molecular weight is 205 g/mol. The van der Waals surface area contributed by atoms with Crippen LogP contribution in [0.15, 0.2) is 4.99 Å². The summed E-state index contributed by atoms with van der Waals surface area (Å²) in [6.07, 6.45) is 6.17. The predicted molar refractivity (Wildman–Crippen MR) is 60.6 cm³/mol. The van der Waals surface area contributed by atoms with E-state index in [9.17, 15) is 0 Å². The van der Waals surface area contributed by atoms with Gasteiger partial charge < -0.3 is 5.73 Å². The molecule has 0 radical (unpaired) electrons. The molecule has 1 aliphatic heterocycles. The Labute approximate surface area is 87.4 Å². The molecule has 0 saturated heterocycles. The van der Waals surface area contributed by atoms with Crippen LogP contribution in [-0.2, 0) is 0 Å². The van der Waals surface area contributed by atoms with Crippen LogP contribution in [0.5, 0.6) is 0 Å². The summed E-state index contributed by atoms with van der Waals surface area (Å²) in [5.41, 5.74) is 5.67. The SMILES string of the molecule is CCCCCC1N=C(N)CC1C.Cl. The van der Waals surface area contributed by atoms with Crippen molar-refractivity contribution in [3.63, 3.8) is 0 Å². The van der Waals surface area contributed by atoms with E-state index in [0.29, 0.717) is 12.0 Å². The maximum Gasteiger partial charge on any atom is 0.0944 e. The third-order valence-electron chi connectivity index (χ3n) is 2.62. The van der Waals surface area contributed by atoms with E-state index < -0.39 is 0 Å². The lowest BCUT2D eigenvalue weighted by atomic mass is 9.97. The lowest BCUT2D eigenvalue weighted by molar-refractivity contribution is 0.455. The van der Waals surface area contributed by atoms with E-state index in [1.54, 1.807) is 0 Å². The Bertz CT molecular complexity index is 168. The van der Waals surface area contributed by atoms with Crippen molar-refractivity contribution < 1.29 is 0 Å². The second-order valence-electron chi connectivity index (χ2n) is 3.86. The van der Waals surface area contributed by atoms with Gasteiger partial charge in [-0.15, -0.1) is 12.4 Å². The summed E-state index contributed by atoms with van der Waals surface area (Å²) in [5, 5.41) is 0. The van der Waals surface area contributed by atoms with Crippen molar-refractivity contribution in [2.24, 2.45) is 16.6 Å². The molecule has 13 heavy (non-hydrogen) atoms. The van der Waals surface area contributed by atoms with Crippen molar-refractivity contribution >= 4 is 18.2 Å². The van der Waals surface area contributed by atoms with E-state index in [2.05, 4.69) is 18.8 Å². The number of unbranched alkanes of at least 4 members (excludes halogenated alkanes) is 2. The molecule has 1 rings (SSSR count). The summed E-state index contributed by atoms with van der Waals surface area (Å²) >= 11 is 0. The van der Waals surface area contributed by atoms with Crippen LogP contribution in [0.2, 0.25) is 0 Å². The van der Waals surface area contributed by atoms with Gasteiger partial charge in [0.25, 0.3) is 0 Å². The van der Waals surface area contributed by atoms with Gasteiger partial charge in [-0.1, -0.05) is 33.1 Å². The number of hydrogen-bond donors (Lipinski definition) is 1. The third-order valence-corrected chi connectivity index (χ3v) is 2.62. The first-order valence-corrected chi connectivity index (χ1v) is 5.06. The van der Waals surface area contributed by atoms with Gasteiger partial charge in [-0.25, -0.2) is 0 Å². The van der Waals surface area contributed by atoms with Crippen molar-refractivity contribution in [3.05, 3.63) is 0 Å². The molecule has 0 bridgehead atoms. The van der Waals surface area contributed by atoms with Gasteiger partial charge in [0.05, 0.1) is 11.9 Å². The standard InChI is InChI=1S/C10H20N2.ClH/c1-3-4-5-6-9-8(2)7-10(11)12-9;/h8-9H,3-7H2,1-2H3,(H2,11,12);1H. The summed E-state index contributed by atoms with van der Waals surface area (Å²) in [4.78, 5) is 4.44. The molecule has 0 aliphatic carbocycles. The van der Waals surface area contributed by atoms with E-state index in [-0.39, 0.29) is 12.4 Å². The topological polar surface area (TPSA) is 38.4 Å². The molecule has 0 aromatic carbocycles. The predicted octanol–water partition coefficient (Wildman–Crippen LogP) is 2.75. The van der Waals surface area contributed by atoms with E-state index in [1.165, 1.54) is 25.7 Å². The van der Waals surface area contributed by atoms with Gasteiger partial charge in [0, 0.05) is 6.42 Å². The zero-order valence-corrected chi connectivity index (χ0v) is 9.44. The molecule has 1 heterocycles. The zero-order chi connectivity index (χ0) is 8.97. The maximum atomic E-state index is 5.67. The summed E-state index contributed by atoms with van der Waals surface area (Å²) < 4.78 is 0. The Hall–Kier alpha value is -0.240. The van der Waals surface area contributed by atoms with Crippen LogP contribution in [0.1, 0.15) is 46.0 Å². The van der Waals surface area contributed by atoms with E-state index >= 15 is 0 Å². The Kier molecular flexibility index (Phi) is 6.13. The summed E-state index contributed by atoms with van der Waals surface area (Å²) in [5.74, 6) is 1.55. The Morgan fingerprint density at radius 2 is 2.15 bits per heavy atom. The molecule has 0 amide bonds. The van der Waals surface area contributed by atoms with Crippen LogP contribution in [0.25, 0.3) is 0 Å². The molecule has 0 fully saturated rings. The summed E-state index contributed by atoms with van der Waals surface area (Å²) in [7, 11) is 0. The lowest BCUT2D eigenvalue weighted by Crippen LogP contribution is -2.11. The smallest absolute Gasteiger partial charge is 0.0944 e. The van der Waals surface area contributed by atoms with Crippen molar-refractivity contribution in [1.29, 1.82) is 0 Å². The minimum Gasteiger partial charge on any atom is -0.387 e. The second-order valence-corrected chi connectivity index (χ2v) is 3.86. The van der Waals surface area contributed by atoms with Gasteiger partial charge in [-0.3, -0.25) is 4.99 Å². The average Bonchev–Trinajstić information content (AvgIpc) is 2.31. The number of halogens is 1. The number of rotatable bonds is 4. The van der Waals surface area contributed by atoms with E-state index in [1.807, 2.05) is 0 Å². The summed E-state index contributed by atoms with van der Waals surface area (Å²) in [6, 6.07) is 0.525. The van der Waals surface area contributed by atoms with Crippen molar-refractivity contribution in [2.45, 2.75) is 52.0 Å². The molecule has 2 nitrogen and oxygen atoms in total. The Balaban J connectivity index is 0.00000144. The molecular weight excluding hydrogens is 184 g/mol. The molecule has 0 aromatic heterocycles. The fraction of sp³-hybridized carbons (Fsp3) is 0.900. The largest absolute Gasteiger partial charge is 0.387 e. The molecule has 0 saturated carbocycles. The molecule has 3 heteroatoms. The Morgan fingerprint density at radius 3 is 2.62 bits per heavy atom. The monoisotopic (exact) mass is 204 g/mol. The molecule has 2 atom stereocenters. The summed E-state index contributed by atoms with van der Waals surface area (Å²) in [6.45, 7) is 4.48. The highest BCUT2D eigenvalue weighted by Crippen LogP contribution is 2.23. The third kappa shape index (κ3) is 3.99. The minimum absolute atomic E-state index is 0. The maximum absolute atomic E-state index is 5.67. The van der Waals surface area contributed by atoms with E-state index in [0.717, 1.165) is 12.3 Å². The first-order chi connectivity index (χ1) is 5.74. The fourth-order valence-electron chi connectivity index (χ4n) is 1.81. The van der Waals surface area contributed by atoms with Gasteiger partial charge in [0.1, 0.15) is 0 Å². The number of nitrogens with two attached hydrogens (primary N) is 1. The van der Waals surface area contributed by atoms with Crippen LogP contribution in [0.3, 0.4) is 0 Å². The molecular formula is C10H21ClN2. The van der Waals surface area contributed by atoms with Gasteiger partial charge in [-0.2, -0.15) is 0 Å². The Morgan fingerprint density at radius 1 is 1.46 bits per heavy atom.